The second-order valence-corrected chi connectivity index (χ2v) is 7.79. The van der Waals surface area contributed by atoms with Crippen LogP contribution in [0.25, 0.3) is 10.9 Å². The Morgan fingerprint density at radius 1 is 1.27 bits per heavy atom. The number of carbonyl (C=O) groups excluding carboxylic acids is 1. The highest BCUT2D eigenvalue weighted by Gasteiger charge is 2.31. The lowest BCUT2D eigenvalue weighted by Crippen LogP contribution is -2.45. The topological polar surface area (TPSA) is 149 Å². The standard InChI is InChI=1S/C19H25N3O3.C2H7BO2/c20-16(9-13-11-21-17-8-4-3-6-14(13)17)18(23)22-10-12-5-1-2-7-15(12)19(24)25;1-2-3(4)5/h3-4,6,8,11-12,15-16,21H,1-2,5,7,9-10,20H2,(H,22,23)(H,24,25);4-5H,2H2,1H3. The first-order valence-electron chi connectivity index (χ1n) is 10.5. The van der Waals surface area contributed by atoms with Crippen LogP contribution in [-0.2, 0) is 16.0 Å². The third-order valence-corrected chi connectivity index (χ3v) is 5.58. The third-order valence-electron chi connectivity index (χ3n) is 5.58. The molecule has 1 fully saturated rings. The van der Waals surface area contributed by atoms with Gasteiger partial charge in [-0.2, -0.15) is 0 Å². The molecule has 1 aliphatic carbocycles. The summed E-state index contributed by atoms with van der Waals surface area (Å²) in [4.78, 5) is 26.9. The summed E-state index contributed by atoms with van der Waals surface area (Å²) >= 11 is 0. The van der Waals surface area contributed by atoms with Crippen molar-refractivity contribution in [2.24, 2.45) is 17.6 Å². The second-order valence-electron chi connectivity index (χ2n) is 7.79. The zero-order chi connectivity index (χ0) is 22.1. The van der Waals surface area contributed by atoms with Crippen LogP contribution in [-0.4, -0.2) is 51.7 Å². The van der Waals surface area contributed by atoms with Crippen molar-refractivity contribution in [3.8, 4) is 0 Å². The number of hydrogen-bond acceptors (Lipinski definition) is 5. The number of carboxylic acid groups (broad SMARTS) is 1. The zero-order valence-electron chi connectivity index (χ0n) is 17.4. The summed E-state index contributed by atoms with van der Waals surface area (Å²) in [5.41, 5.74) is 8.11. The molecule has 8 nitrogen and oxygen atoms in total. The SMILES string of the molecule is CCB(O)O.NC(Cc1c[nH]c2ccccc12)C(=O)NCC1CCCCC1C(=O)O. The fraction of sp³-hybridized carbons (Fsp3) is 0.524. The fourth-order valence-corrected chi connectivity index (χ4v) is 3.77. The Balaban J connectivity index is 0.000000575. The maximum absolute atomic E-state index is 12.3. The Kier molecular flexibility index (Phi) is 9.36. The molecule has 3 unspecified atom stereocenters. The number of aliphatic carboxylic acids is 1. The Hall–Kier alpha value is -2.36. The maximum atomic E-state index is 12.3. The third kappa shape index (κ3) is 6.86. The molecule has 9 heteroatoms. The van der Waals surface area contributed by atoms with Crippen molar-refractivity contribution >= 4 is 29.9 Å². The molecule has 30 heavy (non-hydrogen) atoms. The number of carbonyl (C=O) groups is 2. The fourth-order valence-electron chi connectivity index (χ4n) is 3.77. The van der Waals surface area contributed by atoms with E-state index < -0.39 is 19.1 Å². The minimum Gasteiger partial charge on any atom is -0.481 e. The molecule has 0 radical (unpaired) electrons. The largest absolute Gasteiger partial charge is 0.481 e. The van der Waals surface area contributed by atoms with Gasteiger partial charge in [0.05, 0.1) is 12.0 Å². The molecule has 3 rings (SSSR count). The van der Waals surface area contributed by atoms with E-state index in [2.05, 4.69) is 10.3 Å². The van der Waals surface area contributed by atoms with Crippen molar-refractivity contribution in [2.45, 2.75) is 51.4 Å². The Morgan fingerprint density at radius 2 is 1.93 bits per heavy atom. The lowest BCUT2D eigenvalue weighted by atomic mass is 9.79. The van der Waals surface area contributed by atoms with Crippen LogP contribution in [0.5, 0.6) is 0 Å². The van der Waals surface area contributed by atoms with Crippen LogP contribution in [0.3, 0.4) is 0 Å². The van der Waals surface area contributed by atoms with Gasteiger partial charge in [-0.15, -0.1) is 0 Å². The molecule has 1 aromatic carbocycles. The number of H-pyrrole nitrogens is 1. The van der Waals surface area contributed by atoms with Crippen molar-refractivity contribution in [2.75, 3.05) is 6.54 Å². The van der Waals surface area contributed by atoms with Gasteiger partial charge in [0.15, 0.2) is 0 Å². The number of para-hydroxylation sites is 1. The Morgan fingerprint density at radius 3 is 2.60 bits per heavy atom. The predicted octanol–water partition coefficient (Wildman–Crippen LogP) is 1.52. The second kappa shape index (κ2) is 11.7. The molecule has 0 aliphatic heterocycles. The van der Waals surface area contributed by atoms with Crippen LogP contribution in [0.15, 0.2) is 30.5 Å². The minimum atomic E-state index is -1.12. The van der Waals surface area contributed by atoms with Gasteiger partial charge in [0.1, 0.15) is 0 Å². The van der Waals surface area contributed by atoms with E-state index in [-0.39, 0.29) is 17.7 Å². The number of rotatable bonds is 7. The number of benzene rings is 1. The van der Waals surface area contributed by atoms with Crippen molar-refractivity contribution < 1.29 is 24.7 Å². The summed E-state index contributed by atoms with van der Waals surface area (Å²) in [6.07, 6.45) is 6.25. The first-order valence-corrected chi connectivity index (χ1v) is 10.5. The lowest BCUT2D eigenvalue weighted by molar-refractivity contribution is -0.145. The molecule has 1 aliphatic rings. The molecule has 0 saturated heterocycles. The monoisotopic (exact) mass is 417 g/mol. The van der Waals surface area contributed by atoms with E-state index >= 15 is 0 Å². The number of amides is 1. The van der Waals surface area contributed by atoms with Gasteiger partial charge >= 0.3 is 13.1 Å². The van der Waals surface area contributed by atoms with Crippen molar-refractivity contribution in [1.29, 1.82) is 0 Å². The lowest BCUT2D eigenvalue weighted by Gasteiger charge is -2.29. The highest BCUT2D eigenvalue weighted by Crippen LogP contribution is 2.29. The van der Waals surface area contributed by atoms with Crippen molar-refractivity contribution in [3.05, 3.63) is 36.0 Å². The summed E-state index contributed by atoms with van der Waals surface area (Å²) in [5.74, 6) is -1.35. The van der Waals surface area contributed by atoms with Crippen LogP contribution in [0.4, 0.5) is 0 Å². The summed E-state index contributed by atoms with van der Waals surface area (Å²) in [6, 6.07) is 7.26. The molecule has 1 aromatic heterocycles. The average molecular weight is 417 g/mol. The zero-order valence-corrected chi connectivity index (χ0v) is 17.4. The van der Waals surface area contributed by atoms with Gasteiger partial charge in [-0.05, 0) is 43.1 Å². The van der Waals surface area contributed by atoms with Gasteiger partial charge in [0.25, 0.3) is 0 Å². The summed E-state index contributed by atoms with van der Waals surface area (Å²) in [7, 11) is -1.12. The van der Waals surface area contributed by atoms with Gasteiger partial charge in [-0.1, -0.05) is 38.0 Å². The van der Waals surface area contributed by atoms with E-state index in [0.29, 0.717) is 25.7 Å². The minimum absolute atomic E-state index is 0.00418. The van der Waals surface area contributed by atoms with Crippen LogP contribution in [0, 0.1) is 11.8 Å². The summed E-state index contributed by atoms with van der Waals surface area (Å²) < 4.78 is 0. The van der Waals surface area contributed by atoms with Crippen molar-refractivity contribution in [1.82, 2.24) is 10.3 Å². The van der Waals surface area contributed by atoms with E-state index in [4.69, 9.17) is 15.8 Å². The summed E-state index contributed by atoms with van der Waals surface area (Å²) in [6.45, 7) is 2.09. The van der Waals surface area contributed by atoms with E-state index in [1.54, 1.807) is 6.92 Å². The first kappa shape index (κ1) is 23.9. The number of carboxylic acids is 1. The van der Waals surface area contributed by atoms with E-state index in [0.717, 1.165) is 35.7 Å². The smallest absolute Gasteiger partial charge is 0.451 e. The molecule has 0 spiro atoms. The van der Waals surface area contributed by atoms with E-state index in [9.17, 15) is 14.7 Å². The predicted molar refractivity (Wildman–Crippen MR) is 117 cm³/mol. The van der Waals surface area contributed by atoms with Crippen LogP contribution < -0.4 is 11.1 Å². The molecule has 3 atom stereocenters. The maximum Gasteiger partial charge on any atom is 0.451 e. The van der Waals surface area contributed by atoms with Crippen molar-refractivity contribution in [3.63, 3.8) is 0 Å². The molecule has 164 valence electrons. The molecular weight excluding hydrogens is 385 g/mol. The Labute approximate surface area is 177 Å². The van der Waals surface area contributed by atoms with E-state index in [1.165, 1.54) is 0 Å². The van der Waals surface area contributed by atoms with Crippen LogP contribution in [0.2, 0.25) is 6.32 Å². The quantitative estimate of drug-likeness (QED) is 0.376. The van der Waals surface area contributed by atoms with Gasteiger partial charge in [-0.25, -0.2) is 0 Å². The highest BCUT2D eigenvalue weighted by atomic mass is 16.4. The average Bonchev–Trinajstić information content (AvgIpc) is 3.15. The molecule has 1 saturated carbocycles. The molecular formula is C21H32BN3O5. The van der Waals surface area contributed by atoms with Crippen LogP contribution >= 0.6 is 0 Å². The number of aromatic amines is 1. The number of hydrogen-bond donors (Lipinski definition) is 6. The van der Waals surface area contributed by atoms with Crippen LogP contribution in [0.1, 0.15) is 38.2 Å². The Bertz CT molecular complexity index is 826. The number of nitrogens with one attached hydrogen (secondary N) is 2. The molecule has 2 aromatic rings. The summed E-state index contributed by atoms with van der Waals surface area (Å²) in [5, 5.41) is 29.1. The number of nitrogens with two attached hydrogens (primary N) is 1. The highest BCUT2D eigenvalue weighted by molar-refractivity contribution is 6.40. The first-order chi connectivity index (χ1) is 14.3. The van der Waals surface area contributed by atoms with Gasteiger partial charge in [0.2, 0.25) is 5.91 Å². The normalized spacial score (nSPS) is 19.5. The number of aromatic nitrogens is 1. The van der Waals surface area contributed by atoms with Gasteiger partial charge < -0.3 is 31.2 Å². The number of fused-ring (bicyclic) bond motifs is 1. The molecule has 1 amide bonds. The van der Waals surface area contributed by atoms with E-state index in [1.807, 2.05) is 30.5 Å². The molecule has 1 heterocycles. The van der Waals surface area contributed by atoms with Gasteiger partial charge in [-0.3, -0.25) is 9.59 Å². The van der Waals surface area contributed by atoms with Gasteiger partial charge in [0, 0.05) is 23.6 Å². The molecule has 0 bridgehead atoms. The molecule has 7 N–H and O–H groups in total.